The highest BCUT2D eigenvalue weighted by molar-refractivity contribution is 7.07. The lowest BCUT2D eigenvalue weighted by molar-refractivity contribution is 0.0933. The third-order valence-corrected chi connectivity index (χ3v) is 3.50. The van der Waals surface area contributed by atoms with Crippen LogP contribution in [0.1, 0.15) is 9.67 Å². The van der Waals surface area contributed by atoms with Crippen LogP contribution < -0.4 is 5.32 Å². The van der Waals surface area contributed by atoms with Gasteiger partial charge in [-0.25, -0.2) is 0 Å². The van der Waals surface area contributed by atoms with Crippen LogP contribution >= 0.6 is 11.5 Å². The molecule has 3 atom stereocenters. The number of nitrogens with one attached hydrogen (secondary N) is 1. The molecule has 0 radical (unpaired) electrons. The molecule has 6 heteroatoms. The Kier molecular flexibility index (Phi) is 1.78. The number of nitrogens with zero attached hydrogens (tertiary/aromatic N) is 2. The normalized spacial score (nSPS) is 33.9. The third kappa shape index (κ3) is 1.22. The molecular formula is C8H9N3O2S. The SMILES string of the molecule is O=C(NC1[C@H]2COC[C@@H]12)c1cnns1. The first kappa shape index (κ1) is 8.31. The highest BCUT2D eigenvalue weighted by atomic mass is 32.1. The quantitative estimate of drug-likeness (QED) is 0.742. The molecule has 14 heavy (non-hydrogen) atoms. The first-order valence-corrected chi connectivity index (χ1v) is 5.29. The lowest BCUT2D eigenvalue weighted by atomic mass is 10.4. The van der Waals surface area contributed by atoms with E-state index in [2.05, 4.69) is 14.9 Å². The molecular weight excluding hydrogens is 202 g/mol. The van der Waals surface area contributed by atoms with E-state index in [-0.39, 0.29) is 5.91 Å². The number of ether oxygens (including phenoxy) is 1. The van der Waals surface area contributed by atoms with Crippen molar-refractivity contribution in [2.24, 2.45) is 11.8 Å². The van der Waals surface area contributed by atoms with E-state index in [1.165, 1.54) is 6.20 Å². The molecule has 2 fully saturated rings. The second-order valence-corrected chi connectivity index (χ2v) is 4.43. The smallest absolute Gasteiger partial charge is 0.264 e. The van der Waals surface area contributed by atoms with Crippen LogP contribution in [0.25, 0.3) is 0 Å². The van der Waals surface area contributed by atoms with Crippen molar-refractivity contribution in [1.29, 1.82) is 0 Å². The van der Waals surface area contributed by atoms with Crippen LogP contribution in [0.5, 0.6) is 0 Å². The topological polar surface area (TPSA) is 64.1 Å². The van der Waals surface area contributed by atoms with Crippen molar-refractivity contribution < 1.29 is 9.53 Å². The minimum atomic E-state index is -0.0561. The Labute approximate surface area is 84.6 Å². The fraction of sp³-hybridized carbons (Fsp3) is 0.625. The molecule has 0 aromatic carbocycles. The molecule has 1 amide bonds. The van der Waals surface area contributed by atoms with E-state index in [0.29, 0.717) is 22.8 Å². The summed E-state index contributed by atoms with van der Waals surface area (Å²) in [6.07, 6.45) is 1.49. The zero-order valence-corrected chi connectivity index (χ0v) is 8.16. The van der Waals surface area contributed by atoms with Crippen LogP contribution in [0.2, 0.25) is 0 Å². The summed E-state index contributed by atoms with van der Waals surface area (Å²) in [4.78, 5) is 12.1. The second kappa shape index (κ2) is 2.99. The first-order chi connectivity index (χ1) is 6.86. The molecule has 2 heterocycles. The molecule has 74 valence electrons. The Morgan fingerprint density at radius 3 is 3.00 bits per heavy atom. The molecule has 5 nitrogen and oxygen atoms in total. The van der Waals surface area contributed by atoms with Crippen LogP contribution in [-0.2, 0) is 4.74 Å². The summed E-state index contributed by atoms with van der Waals surface area (Å²) in [7, 11) is 0. The van der Waals surface area contributed by atoms with Crippen LogP contribution in [0.3, 0.4) is 0 Å². The number of carbonyl (C=O) groups is 1. The van der Waals surface area contributed by atoms with Gasteiger partial charge in [-0.2, -0.15) is 0 Å². The Hall–Kier alpha value is -1.01. The summed E-state index contributed by atoms with van der Waals surface area (Å²) < 4.78 is 8.88. The lowest BCUT2D eigenvalue weighted by Crippen LogP contribution is -2.29. The average Bonchev–Trinajstić information content (AvgIpc) is 2.75. The van der Waals surface area contributed by atoms with Gasteiger partial charge in [0.25, 0.3) is 5.91 Å². The fourth-order valence-corrected chi connectivity index (χ4v) is 2.36. The van der Waals surface area contributed by atoms with Gasteiger partial charge in [0, 0.05) is 17.9 Å². The van der Waals surface area contributed by atoms with Gasteiger partial charge in [-0.05, 0) is 11.5 Å². The third-order valence-electron chi connectivity index (χ3n) is 2.84. The number of aromatic nitrogens is 2. The van der Waals surface area contributed by atoms with Gasteiger partial charge in [0.15, 0.2) is 0 Å². The Balaban J connectivity index is 1.61. The number of amides is 1. The molecule has 2 aliphatic rings. The van der Waals surface area contributed by atoms with Gasteiger partial charge in [-0.3, -0.25) is 4.79 Å². The minimum absolute atomic E-state index is 0.0561. The predicted molar refractivity (Wildman–Crippen MR) is 49.0 cm³/mol. The average molecular weight is 211 g/mol. The zero-order chi connectivity index (χ0) is 9.54. The molecule has 1 aliphatic heterocycles. The first-order valence-electron chi connectivity index (χ1n) is 4.52. The van der Waals surface area contributed by atoms with Gasteiger partial charge in [0.2, 0.25) is 0 Å². The van der Waals surface area contributed by atoms with Gasteiger partial charge < -0.3 is 10.1 Å². The van der Waals surface area contributed by atoms with Crippen molar-refractivity contribution in [3.8, 4) is 0 Å². The predicted octanol–water partition coefficient (Wildman–Crippen LogP) is -0.0873. The number of carbonyl (C=O) groups excluding carboxylic acids is 1. The molecule has 1 unspecified atom stereocenters. The van der Waals surface area contributed by atoms with E-state index in [0.717, 1.165) is 24.7 Å². The van der Waals surface area contributed by atoms with Crippen molar-refractivity contribution in [2.45, 2.75) is 6.04 Å². The van der Waals surface area contributed by atoms with Crippen LogP contribution in [0.15, 0.2) is 6.20 Å². The van der Waals surface area contributed by atoms with E-state index in [9.17, 15) is 4.79 Å². The van der Waals surface area contributed by atoms with E-state index < -0.39 is 0 Å². The molecule has 1 aliphatic carbocycles. The monoisotopic (exact) mass is 211 g/mol. The lowest BCUT2D eigenvalue weighted by Gasteiger charge is -2.04. The highest BCUT2D eigenvalue weighted by Crippen LogP contribution is 2.44. The zero-order valence-electron chi connectivity index (χ0n) is 7.34. The van der Waals surface area contributed by atoms with Crippen LogP contribution in [-0.4, -0.2) is 34.7 Å². The summed E-state index contributed by atoms with van der Waals surface area (Å²) in [6.45, 7) is 1.58. The molecule has 1 N–H and O–H groups in total. The number of rotatable bonds is 2. The van der Waals surface area contributed by atoms with Gasteiger partial charge in [0.1, 0.15) is 4.88 Å². The van der Waals surface area contributed by atoms with Gasteiger partial charge in [-0.1, -0.05) is 4.49 Å². The Morgan fingerprint density at radius 2 is 2.36 bits per heavy atom. The summed E-state index contributed by atoms with van der Waals surface area (Å²) >= 11 is 1.12. The van der Waals surface area contributed by atoms with Crippen molar-refractivity contribution in [2.75, 3.05) is 13.2 Å². The number of hydrogen-bond acceptors (Lipinski definition) is 5. The highest BCUT2D eigenvalue weighted by Gasteiger charge is 2.54. The molecule has 1 aromatic heterocycles. The molecule has 3 rings (SSSR count). The summed E-state index contributed by atoms with van der Waals surface area (Å²) in [6, 6.07) is 0.318. The van der Waals surface area contributed by atoms with Crippen molar-refractivity contribution in [3.63, 3.8) is 0 Å². The van der Waals surface area contributed by atoms with Crippen molar-refractivity contribution in [1.82, 2.24) is 14.9 Å². The molecule has 1 saturated heterocycles. The second-order valence-electron chi connectivity index (χ2n) is 3.65. The maximum atomic E-state index is 11.6. The summed E-state index contributed by atoms with van der Waals surface area (Å²) in [5.41, 5.74) is 0. The summed E-state index contributed by atoms with van der Waals surface area (Å²) in [5, 5.41) is 6.60. The molecule has 0 bridgehead atoms. The van der Waals surface area contributed by atoms with E-state index in [4.69, 9.17) is 4.74 Å². The Bertz CT molecular complexity index is 343. The van der Waals surface area contributed by atoms with E-state index >= 15 is 0 Å². The fourth-order valence-electron chi connectivity index (χ4n) is 1.94. The van der Waals surface area contributed by atoms with Gasteiger partial charge in [-0.15, -0.1) is 5.10 Å². The van der Waals surface area contributed by atoms with E-state index in [1.54, 1.807) is 0 Å². The molecule has 0 spiro atoms. The largest absolute Gasteiger partial charge is 0.381 e. The van der Waals surface area contributed by atoms with Crippen LogP contribution in [0, 0.1) is 11.8 Å². The van der Waals surface area contributed by atoms with Crippen LogP contribution in [0.4, 0.5) is 0 Å². The summed E-state index contributed by atoms with van der Waals surface area (Å²) in [5.74, 6) is 1.03. The maximum Gasteiger partial charge on any atom is 0.264 e. The number of fused-ring (bicyclic) bond motifs is 1. The number of hydrogen-bond donors (Lipinski definition) is 1. The van der Waals surface area contributed by atoms with Crippen molar-refractivity contribution >= 4 is 17.4 Å². The maximum absolute atomic E-state index is 11.6. The molecule has 1 aromatic rings. The minimum Gasteiger partial charge on any atom is -0.381 e. The van der Waals surface area contributed by atoms with Crippen molar-refractivity contribution in [3.05, 3.63) is 11.1 Å². The van der Waals surface area contributed by atoms with Gasteiger partial charge in [0.05, 0.1) is 19.4 Å². The van der Waals surface area contributed by atoms with E-state index in [1.807, 2.05) is 0 Å². The molecule has 1 saturated carbocycles. The van der Waals surface area contributed by atoms with Gasteiger partial charge >= 0.3 is 0 Å². The standard InChI is InChI=1S/C8H9N3O2S/c12-8(6-1-9-11-14-6)10-7-4-2-13-3-5(4)7/h1,4-5,7H,2-3H2,(H,10,12)/t4-,5+,7?. The Morgan fingerprint density at radius 1 is 1.57 bits per heavy atom.